The van der Waals surface area contributed by atoms with Crippen LogP contribution >= 0.6 is 11.6 Å². The Balaban J connectivity index is 2.79. The van der Waals surface area contributed by atoms with Gasteiger partial charge in [0.1, 0.15) is 0 Å². The minimum Gasteiger partial charge on any atom is -0.293 e. The Morgan fingerprint density at radius 1 is 1.50 bits per heavy atom. The smallest absolute Gasteiger partial charge is 0.176 e. The Kier molecular flexibility index (Phi) is 5.31. The lowest BCUT2D eigenvalue weighted by Gasteiger charge is -1.98. The first kappa shape index (κ1) is 12.5. The second-order valence-corrected chi connectivity index (χ2v) is 3.64. The van der Waals surface area contributed by atoms with Gasteiger partial charge in [-0.3, -0.25) is 4.79 Å². The summed E-state index contributed by atoms with van der Waals surface area (Å²) in [4.78, 5) is 11.5. The summed E-state index contributed by atoms with van der Waals surface area (Å²) in [5, 5.41) is 8.44. The third-order valence-corrected chi connectivity index (χ3v) is 2.25. The minimum absolute atomic E-state index is 0.0746. The highest BCUT2D eigenvalue weighted by Gasteiger charge is 2.04. The first-order chi connectivity index (χ1) is 7.77. The van der Waals surface area contributed by atoms with Gasteiger partial charge < -0.3 is 0 Å². The molecular weight excluding hydrogens is 222 g/mol. The third kappa shape index (κ3) is 3.88. The van der Waals surface area contributed by atoms with E-state index in [1.165, 1.54) is 0 Å². The van der Waals surface area contributed by atoms with E-state index in [4.69, 9.17) is 16.9 Å². The van der Waals surface area contributed by atoms with Crippen molar-refractivity contribution in [2.45, 2.75) is 12.8 Å². The first-order valence-corrected chi connectivity index (χ1v) is 5.54. The van der Waals surface area contributed by atoms with Gasteiger partial charge in [-0.2, -0.15) is 5.26 Å². The van der Waals surface area contributed by atoms with E-state index in [1.54, 1.807) is 12.1 Å². The van der Waals surface area contributed by atoms with Crippen molar-refractivity contribution in [2.24, 2.45) is 0 Å². The number of Topliss-reactive ketones (excluding diaryl/α,β-unsaturated/α-hetero) is 1. The molecule has 0 aliphatic heterocycles. The highest BCUT2D eigenvalue weighted by Crippen LogP contribution is 2.09. The number of hydrogen-bond acceptors (Lipinski definition) is 2. The molecule has 0 spiro atoms. The molecule has 0 heterocycles. The summed E-state index contributed by atoms with van der Waals surface area (Å²) in [5.74, 6) is 0.443. The van der Waals surface area contributed by atoms with Gasteiger partial charge in [0.15, 0.2) is 5.78 Å². The van der Waals surface area contributed by atoms with Gasteiger partial charge in [-0.1, -0.05) is 30.4 Å². The SMILES string of the molecule is N#CCC(=O)c1cccc(C=CCCCl)c1. The van der Waals surface area contributed by atoms with Crippen LogP contribution in [0.4, 0.5) is 0 Å². The second kappa shape index (κ2) is 6.81. The van der Waals surface area contributed by atoms with Crippen LogP contribution in [0.25, 0.3) is 6.08 Å². The number of carbonyl (C=O) groups is 1. The molecule has 0 aliphatic rings. The monoisotopic (exact) mass is 233 g/mol. The van der Waals surface area contributed by atoms with Gasteiger partial charge in [-0.25, -0.2) is 0 Å². The van der Waals surface area contributed by atoms with Crippen LogP contribution in [0, 0.1) is 11.3 Å². The fourth-order valence-electron chi connectivity index (χ4n) is 1.27. The predicted octanol–water partition coefficient (Wildman–Crippen LogP) is 3.43. The van der Waals surface area contributed by atoms with Crippen LogP contribution in [0.5, 0.6) is 0 Å². The molecule has 0 unspecified atom stereocenters. The summed E-state index contributed by atoms with van der Waals surface area (Å²) in [6.45, 7) is 0. The Hall–Kier alpha value is -1.59. The number of halogens is 1. The van der Waals surface area contributed by atoms with E-state index in [9.17, 15) is 4.79 Å². The Morgan fingerprint density at radius 3 is 3.00 bits per heavy atom. The van der Waals surface area contributed by atoms with Crippen molar-refractivity contribution in [1.82, 2.24) is 0 Å². The van der Waals surface area contributed by atoms with Crippen molar-refractivity contribution in [2.75, 3.05) is 5.88 Å². The number of alkyl halides is 1. The largest absolute Gasteiger partial charge is 0.293 e. The number of nitriles is 1. The maximum atomic E-state index is 11.5. The number of hydrogen-bond donors (Lipinski definition) is 0. The quantitative estimate of drug-likeness (QED) is 0.578. The molecular formula is C13H12ClNO. The van der Waals surface area contributed by atoms with Crippen LogP contribution in [0.2, 0.25) is 0 Å². The molecule has 0 saturated heterocycles. The molecule has 0 bridgehead atoms. The zero-order valence-electron chi connectivity index (χ0n) is 8.82. The van der Waals surface area contributed by atoms with Crippen molar-refractivity contribution in [3.05, 3.63) is 41.5 Å². The van der Waals surface area contributed by atoms with E-state index < -0.39 is 0 Å². The fraction of sp³-hybridized carbons (Fsp3) is 0.231. The zero-order valence-corrected chi connectivity index (χ0v) is 9.57. The summed E-state index contributed by atoms with van der Waals surface area (Å²) in [6.07, 6.45) is 4.61. The van der Waals surface area contributed by atoms with Gasteiger partial charge >= 0.3 is 0 Å². The average Bonchev–Trinajstić information content (AvgIpc) is 2.30. The summed E-state index contributed by atoms with van der Waals surface area (Å²) in [7, 11) is 0. The third-order valence-electron chi connectivity index (χ3n) is 2.03. The molecule has 0 N–H and O–H groups in total. The standard InChI is InChI=1S/C13H12ClNO/c14-8-2-1-4-11-5-3-6-12(10-11)13(16)7-9-15/h1,3-6,10H,2,7-8H2. The van der Waals surface area contributed by atoms with Crippen molar-refractivity contribution >= 4 is 23.5 Å². The average molecular weight is 234 g/mol. The maximum absolute atomic E-state index is 11.5. The Labute approximate surface area is 100 Å². The van der Waals surface area contributed by atoms with Gasteiger partial charge in [0.2, 0.25) is 0 Å². The van der Waals surface area contributed by atoms with Gasteiger partial charge in [0, 0.05) is 11.4 Å². The van der Waals surface area contributed by atoms with E-state index in [1.807, 2.05) is 30.4 Å². The lowest BCUT2D eigenvalue weighted by molar-refractivity contribution is 0.0997. The summed E-state index contributed by atoms with van der Waals surface area (Å²) in [5.41, 5.74) is 1.53. The number of nitrogens with zero attached hydrogens (tertiary/aromatic N) is 1. The minimum atomic E-state index is -0.143. The van der Waals surface area contributed by atoms with Crippen molar-refractivity contribution in [1.29, 1.82) is 5.26 Å². The number of carbonyl (C=O) groups excluding carboxylic acids is 1. The van der Waals surface area contributed by atoms with E-state index in [0.29, 0.717) is 11.4 Å². The van der Waals surface area contributed by atoms with Crippen molar-refractivity contribution in [3.8, 4) is 6.07 Å². The van der Waals surface area contributed by atoms with Crippen LogP contribution in [0.3, 0.4) is 0 Å². The molecule has 16 heavy (non-hydrogen) atoms. The number of rotatable bonds is 5. The fourth-order valence-corrected chi connectivity index (χ4v) is 1.40. The molecule has 0 fully saturated rings. The van der Waals surface area contributed by atoms with E-state index in [2.05, 4.69) is 0 Å². The van der Waals surface area contributed by atoms with Crippen LogP contribution in [-0.4, -0.2) is 11.7 Å². The molecule has 1 rings (SSSR count). The number of benzene rings is 1. The predicted molar refractivity (Wildman–Crippen MR) is 65.4 cm³/mol. The van der Waals surface area contributed by atoms with Crippen LogP contribution in [0.1, 0.15) is 28.8 Å². The molecule has 0 amide bonds. The van der Waals surface area contributed by atoms with E-state index in [-0.39, 0.29) is 12.2 Å². The van der Waals surface area contributed by atoms with Crippen LogP contribution in [-0.2, 0) is 0 Å². The van der Waals surface area contributed by atoms with E-state index in [0.717, 1.165) is 12.0 Å². The van der Waals surface area contributed by atoms with Crippen LogP contribution in [0.15, 0.2) is 30.3 Å². The molecule has 0 atom stereocenters. The van der Waals surface area contributed by atoms with Gasteiger partial charge in [0.05, 0.1) is 12.5 Å². The molecule has 82 valence electrons. The maximum Gasteiger partial charge on any atom is 0.176 e. The molecule has 2 nitrogen and oxygen atoms in total. The number of allylic oxidation sites excluding steroid dienone is 1. The lowest BCUT2D eigenvalue weighted by Crippen LogP contribution is -1.96. The Morgan fingerprint density at radius 2 is 2.31 bits per heavy atom. The lowest BCUT2D eigenvalue weighted by atomic mass is 10.1. The topological polar surface area (TPSA) is 40.9 Å². The van der Waals surface area contributed by atoms with Crippen molar-refractivity contribution < 1.29 is 4.79 Å². The molecule has 3 heteroatoms. The molecule has 1 aromatic rings. The highest BCUT2D eigenvalue weighted by atomic mass is 35.5. The zero-order chi connectivity index (χ0) is 11.8. The summed E-state index contributed by atoms with van der Waals surface area (Å²) < 4.78 is 0. The molecule has 1 aromatic carbocycles. The van der Waals surface area contributed by atoms with Gasteiger partial charge in [-0.05, 0) is 18.1 Å². The second-order valence-electron chi connectivity index (χ2n) is 3.26. The molecule has 0 saturated carbocycles. The van der Waals surface area contributed by atoms with Crippen LogP contribution < -0.4 is 0 Å². The Bertz CT molecular complexity index is 432. The number of ketones is 1. The first-order valence-electron chi connectivity index (χ1n) is 5.00. The van der Waals surface area contributed by atoms with Gasteiger partial charge in [-0.15, -0.1) is 11.6 Å². The highest BCUT2D eigenvalue weighted by molar-refractivity contribution is 6.17. The summed E-state index contributed by atoms with van der Waals surface area (Å²) >= 11 is 5.55. The molecule has 0 radical (unpaired) electrons. The molecule has 0 aromatic heterocycles. The summed E-state index contributed by atoms with van der Waals surface area (Å²) in [6, 6.07) is 9.08. The normalized spacial score (nSPS) is 10.2. The molecule has 0 aliphatic carbocycles. The van der Waals surface area contributed by atoms with Gasteiger partial charge in [0.25, 0.3) is 0 Å². The van der Waals surface area contributed by atoms with E-state index >= 15 is 0 Å². The van der Waals surface area contributed by atoms with Crippen molar-refractivity contribution in [3.63, 3.8) is 0 Å².